The lowest BCUT2D eigenvalue weighted by atomic mass is 9.58. The van der Waals surface area contributed by atoms with Crippen molar-refractivity contribution in [3.63, 3.8) is 0 Å². The van der Waals surface area contributed by atoms with Crippen molar-refractivity contribution in [3.05, 3.63) is 17.0 Å². The van der Waals surface area contributed by atoms with Gasteiger partial charge < -0.3 is 19.8 Å². The molecular weight excluding hydrogens is 334 g/mol. The molecule has 26 heavy (non-hydrogen) atoms. The third-order valence-electron chi connectivity index (χ3n) is 6.45. The van der Waals surface area contributed by atoms with Crippen molar-refractivity contribution in [1.29, 1.82) is 0 Å². The van der Waals surface area contributed by atoms with Gasteiger partial charge in [-0.2, -0.15) is 5.10 Å². The van der Waals surface area contributed by atoms with Crippen LogP contribution in [-0.4, -0.2) is 69.3 Å². The molecule has 146 valence electrons. The number of hydrogen-bond donors (Lipinski definition) is 2. The molecule has 1 saturated heterocycles. The summed E-state index contributed by atoms with van der Waals surface area (Å²) in [7, 11) is 1.93. The average Bonchev–Trinajstić information content (AvgIpc) is 2.88. The number of rotatable bonds is 6. The van der Waals surface area contributed by atoms with Crippen LogP contribution in [0, 0.1) is 19.3 Å². The van der Waals surface area contributed by atoms with Gasteiger partial charge in [0, 0.05) is 44.1 Å². The molecule has 1 saturated carbocycles. The topological polar surface area (TPSA) is 87.8 Å². The van der Waals surface area contributed by atoms with Crippen LogP contribution in [-0.2, 0) is 23.0 Å². The minimum absolute atomic E-state index is 0.000459. The third kappa shape index (κ3) is 3.40. The molecule has 2 atom stereocenters. The van der Waals surface area contributed by atoms with Crippen molar-refractivity contribution >= 4 is 5.91 Å². The van der Waals surface area contributed by atoms with Crippen molar-refractivity contribution in [3.8, 4) is 0 Å². The lowest BCUT2D eigenvalue weighted by Gasteiger charge is -2.56. The fourth-order valence-corrected chi connectivity index (χ4v) is 4.55. The van der Waals surface area contributed by atoms with Gasteiger partial charge in [0.1, 0.15) is 0 Å². The highest BCUT2D eigenvalue weighted by atomic mass is 16.5. The Hall–Kier alpha value is -1.44. The fraction of sp³-hybridized carbons (Fsp3) is 0.789. The Morgan fingerprint density at radius 1 is 1.35 bits per heavy atom. The summed E-state index contributed by atoms with van der Waals surface area (Å²) in [5, 5.41) is 23.6. The van der Waals surface area contributed by atoms with E-state index in [1.807, 2.05) is 30.5 Å². The van der Waals surface area contributed by atoms with Gasteiger partial charge >= 0.3 is 0 Å². The van der Waals surface area contributed by atoms with Gasteiger partial charge in [-0.25, -0.2) is 0 Å². The van der Waals surface area contributed by atoms with E-state index in [9.17, 15) is 9.90 Å². The highest BCUT2D eigenvalue weighted by molar-refractivity contribution is 5.76. The molecule has 2 N–H and O–H groups in total. The zero-order valence-corrected chi connectivity index (χ0v) is 16.1. The molecule has 0 radical (unpaired) electrons. The summed E-state index contributed by atoms with van der Waals surface area (Å²) >= 11 is 0. The van der Waals surface area contributed by atoms with Crippen molar-refractivity contribution in [1.82, 2.24) is 14.7 Å². The predicted octanol–water partition coefficient (Wildman–Crippen LogP) is 0.720. The summed E-state index contributed by atoms with van der Waals surface area (Å²) in [4.78, 5) is 14.5. The summed E-state index contributed by atoms with van der Waals surface area (Å²) in [5.74, 6) is 0.171. The van der Waals surface area contributed by atoms with Crippen molar-refractivity contribution < 1.29 is 19.7 Å². The van der Waals surface area contributed by atoms with E-state index in [0.717, 1.165) is 30.7 Å². The molecule has 1 aromatic rings. The molecule has 1 spiro atoms. The van der Waals surface area contributed by atoms with Gasteiger partial charge in [-0.05, 0) is 38.7 Å². The number of ether oxygens (including phenoxy) is 1. The maximum absolute atomic E-state index is 12.6. The molecule has 2 fully saturated rings. The third-order valence-corrected chi connectivity index (χ3v) is 6.45. The van der Waals surface area contributed by atoms with E-state index in [4.69, 9.17) is 9.84 Å². The van der Waals surface area contributed by atoms with Gasteiger partial charge in [0.05, 0.1) is 31.1 Å². The average molecular weight is 365 g/mol. The molecule has 0 aromatic carbocycles. The van der Waals surface area contributed by atoms with Crippen LogP contribution in [0.1, 0.15) is 42.6 Å². The number of carbonyl (C=O) groups excluding carboxylic acids is 1. The van der Waals surface area contributed by atoms with Gasteiger partial charge in [0.25, 0.3) is 0 Å². The first-order chi connectivity index (χ1) is 12.4. The van der Waals surface area contributed by atoms with Crippen LogP contribution in [0.2, 0.25) is 0 Å². The first-order valence-electron chi connectivity index (χ1n) is 9.56. The number of nitrogens with zero attached hydrogens (tertiary/aromatic N) is 3. The fourth-order valence-electron chi connectivity index (χ4n) is 4.55. The van der Waals surface area contributed by atoms with Crippen molar-refractivity contribution in [2.75, 3.05) is 26.3 Å². The molecule has 1 aliphatic carbocycles. The number of piperidine rings is 1. The van der Waals surface area contributed by atoms with E-state index < -0.39 is 0 Å². The molecule has 3 rings (SSSR count). The molecule has 7 heteroatoms. The molecule has 2 heterocycles. The Labute approximate surface area is 154 Å². The zero-order valence-electron chi connectivity index (χ0n) is 16.1. The van der Waals surface area contributed by atoms with Crippen LogP contribution in [0.15, 0.2) is 0 Å². The summed E-state index contributed by atoms with van der Waals surface area (Å²) in [6.45, 7) is 5.67. The normalized spacial score (nSPS) is 24.7. The summed E-state index contributed by atoms with van der Waals surface area (Å²) in [6.07, 6.45) is 3.02. The van der Waals surface area contributed by atoms with E-state index in [1.165, 1.54) is 5.56 Å². The number of aliphatic hydroxyl groups excluding tert-OH is 2. The van der Waals surface area contributed by atoms with E-state index in [0.29, 0.717) is 32.5 Å². The molecule has 0 unspecified atom stereocenters. The highest BCUT2D eigenvalue weighted by Gasteiger charge is 2.56. The minimum Gasteiger partial charge on any atom is -0.394 e. The molecule has 0 bridgehead atoms. The summed E-state index contributed by atoms with van der Waals surface area (Å²) in [6, 6.07) is 0. The second-order valence-electron chi connectivity index (χ2n) is 7.72. The molecule has 7 nitrogen and oxygen atoms in total. The lowest BCUT2D eigenvalue weighted by Crippen LogP contribution is -2.62. The van der Waals surface area contributed by atoms with Crippen LogP contribution in [0.4, 0.5) is 0 Å². The van der Waals surface area contributed by atoms with E-state index in [-0.39, 0.29) is 30.1 Å². The van der Waals surface area contributed by atoms with Crippen LogP contribution >= 0.6 is 0 Å². The zero-order chi connectivity index (χ0) is 18.9. The Kier molecular flexibility index (Phi) is 5.69. The van der Waals surface area contributed by atoms with Crippen LogP contribution in [0.25, 0.3) is 0 Å². The maximum Gasteiger partial charge on any atom is 0.222 e. The second-order valence-corrected chi connectivity index (χ2v) is 7.72. The van der Waals surface area contributed by atoms with E-state index in [2.05, 4.69) is 5.10 Å². The first kappa shape index (κ1) is 19.3. The van der Waals surface area contributed by atoms with Gasteiger partial charge in [-0.1, -0.05) is 0 Å². The molecule has 2 aliphatic rings. The maximum atomic E-state index is 12.6. The Morgan fingerprint density at radius 2 is 2.04 bits per heavy atom. The van der Waals surface area contributed by atoms with Crippen molar-refractivity contribution in [2.24, 2.45) is 12.5 Å². The number of aliphatic hydroxyl groups is 2. The first-order valence-corrected chi connectivity index (χ1v) is 9.56. The Bertz CT molecular complexity index is 649. The lowest BCUT2D eigenvalue weighted by molar-refractivity contribution is -0.213. The Morgan fingerprint density at radius 3 is 2.58 bits per heavy atom. The molecule has 1 aliphatic heterocycles. The Balaban J connectivity index is 1.52. The number of carbonyl (C=O) groups is 1. The van der Waals surface area contributed by atoms with Gasteiger partial charge in [-0.15, -0.1) is 0 Å². The van der Waals surface area contributed by atoms with Gasteiger partial charge in [-0.3, -0.25) is 9.48 Å². The smallest absolute Gasteiger partial charge is 0.222 e. The summed E-state index contributed by atoms with van der Waals surface area (Å²) in [5.41, 5.74) is 3.05. The number of amides is 1. The van der Waals surface area contributed by atoms with Crippen LogP contribution < -0.4 is 0 Å². The number of hydrogen-bond acceptors (Lipinski definition) is 5. The number of aryl methyl sites for hydroxylation is 2. The van der Waals surface area contributed by atoms with E-state index >= 15 is 0 Å². The van der Waals surface area contributed by atoms with Gasteiger partial charge in [0.2, 0.25) is 5.91 Å². The monoisotopic (exact) mass is 365 g/mol. The SMILES string of the molecule is Cc1nn(C)c(C)c1CCC(=O)N1CCC2(CC1)[C@@H](O)C[C@H]2OCCO. The predicted molar refractivity (Wildman–Crippen MR) is 96.7 cm³/mol. The molecule has 1 aromatic heterocycles. The number of likely N-dealkylation sites (tertiary alicyclic amines) is 1. The second kappa shape index (κ2) is 7.66. The minimum atomic E-state index is -0.357. The standard InChI is InChI=1S/C19H31N3O4/c1-13-15(14(2)21(3)20-13)4-5-18(25)22-8-6-19(7-9-22)16(24)12-17(19)26-11-10-23/h16-17,23-24H,4-12H2,1-3H3/t16-,17+/m0/s1. The van der Waals surface area contributed by atoms with Gasteiger partial charge in [0.15, 0.2) is 0 Å². The number of aromatic nitrogens is 2. The van der Waals surface area contributed by atoms with Crippen LogP contribution in [0.3, 0.4) is 0 Å². The molecular formula is C19H31N3O4. The quantitative estimate of drug-likeness (QED) is 0.776. The van der Waals surface area contributed by atoms with E-state index in [1.54, 1.807) is 0 Å². The molecule has 1 amide bonds. The highest BCUT2D eigenvalue weighted by Crippen LogP contribution is 2.51. The largest absolute Gasteiger partial charge is 0.394 e. The van der Waals surface area contributed by atoms with Crippen molar-refractivity contribution in [2.45, 2.75) is 58.2 Å². The summed E-state index contributed by atoms with van der Waals surface area (Å²) < 4.78 is 7.56. The van der Waals surface area contributed by atoms with Crippen LogP contribution in [0.5, 0.6) is 0 Å².